The van der Waals surface area contributed by atoms with Crippen LogP contribution in [0.1, 0.15) is 65.2 Å². The predicted octanol–water partition coefficient (Wildman–Crippen LogP) is 2.34. The molecule has 2 unspecified atom stereocenters. The maximum Gasteiger partial charge on any atom is 0.236 e. The topological polar surface area (TPSA) is 55.9 Å². The monoisotopic (exact) mass is 406 g/mol. The molecule has 0 bridgehead atoms. The Labute approximate surface area is 177 Å². The molecule has 3 fully saturated rings. The summed E-state index contributed by atoms with van der Waals surface area (Å²) in [4.78, 5) is 31.7. The van der Waals surface area contributed by atoms with E-state index in [2.05, 4.69) is 33.9 Å². The molecule has 1 aliphatic carbocycles. The molecule has 0 aromatic heterocycles. The van der Waals surface area contributed by atoms with Crippen molar-refractivity contribution in [3.05, 3.63) is 0 Å². The van der Waals surface area contributed by atoms with Crippen molar-refractivity contribution in [1.82, 2.24) is 20.0 Å². The van der Waals surface area contributed by atoms with E-state index in [0.717, 1.165) is 52.1 Å². The maximum atomic E-state index is 12.7. The number of nitrogens with one attached hydrogen (secondary N) is 1. The summed E-state index contributed by atoms with van der Waals surface area (Å²) >= 11 is 0. The third-order valence-corrected chi connectivity index (χ3v) is 6.88. The molecular formula is C23H42N4O2. The van der Waals surface area contributed by atoms with Gasteiger partial charge in [-0.15, -0.1) is 0 Å². The SMILES string of the molecule is CC1CC(C)CN(C(=O)CN2CCN(CC(=O)NC3CCCCCCC3)CC2)C1. The Kier molecular flexibility index (Phi) is 8.79. The first-order valence-corrected chi connectivity index (χ1v) is 12.0. The fourth-order valence-corrected chi connectivity index (χ4v) is 5.34. The molecule has 2 amide bonds. The van der Waals surface area contributed by atoms with Crippen LogP contribution in [0, 0.1) is 11.8 Å². The average molecular weight is 407 g/mol. The van der Waals surface area contributed by atoms with Gasteiger partial charge in [0.05, 0.1) is 13.1 Å². The highest BCUT2D eigenvalue weighted by Gasteiger charge is 2.28. The minimum Gasteiger partial charge on any atom is -0.352 e. The Bertz CT molecular complexity index is 515. The molecule has 1 saturated carbocycles. The third-order valence-electron chi connectivity index (χ3n) is 6.88. The fourth-order valence-electron chi connectivity index (χ4n) is 5.34. The second-order valence-corrected chi connectivity index (χ2v) is 9.91. The summed E-state index contributed by atoms with van der Waals surface area (Å²) < 4.78 is 0. The van der Waals surface area contributed by atoms with Gasteiger partial charge in [-0.05, 0) is 31.1 Å². The van der Waals surface area contributed by atoms with Crippen LogP contribution in [0.3, 0.4) is 0 Å². The number of rotatable bonds is 5. The summed E-state index contributed by atoms with van der Waals surface area (Å²) in [6, 6.07) is 0.371. The van der Waals surface area contributed by atoms with E-state index in [0.29, 0.717) is 31.0 Å². The molecule has 3 aliphatic rings. The fraction of sp³-hybridized carbons (Fsp3) is 0.913. The van der Waals surface area contributed by atoms with Crippen molar-refractivity contribution in [2.45, 2.75) is 71.3 Å². The molecule has 2 saturated heterocycles. The minimum absolute atomic E-state index is 0.177. The van der Waals surface area contributed by atoms with Gasteiger partial charge >= 0.3 is 0 Å². The standard InChI is InChI=1S/C23H42N4O2/c1-19-14-20(2)16-27(15-19)23(29)18-26-12-10-25(11-13-26)17-22(28)24-21-8-6-4-3-5-7-9-21/h19-21H,3-18H2,1-2H3,(H,24,28). The number of amides is 2. The molecule has 166 valence electrons. The summed E-state index contributed by atoms with van der Waals surface area (Å²) in [5, 5.41) is 3.27. The number of carbonyl (C=O) groups is 2. The first-order chi connectivity index (χ1) is 14.0. The van der Waals surface area contributed by atoms with E-state index in [1.54, 1.807) is 0 Å². The van der Waals surface area contributed by atoms with Crippen molar-refractivity contribution < 1.29 is 9.59 Å². The number of piperidine rings is 1. The lowest BCUT2D eigenvalue weighted by Gasteiger charge is -2.38. The van der Waals surface area contributed by atoms with Crippen molar-refractivity contribution >= 4 is 11.8 Å². The van der Waals surface area contributed by atoms with Gasteiger partial charge in [-0.2, -0.15) is 0 Å². The molecule has 0 radical (unpaired) electrons. The Morgan fingerprint density at radius 1 is 0.793 bits per heavy atom. The van der Waals surface area contributed by atoms with Gasteiger partial charge in [0.1, 0.15) is 0 Å². The van der Waals surface area contributed by atoms with Crippen molar-refractivity contribution in [2.24, 2.45) is 11.8 Å². The van der Waals surface area contributed by atoms with E-state index in [-0.39, 0.29) is 11.8 Å². The van der Waals surface area contributed by atoms with Crippen LogP contribution < -0.4 is 5.32 Å². The zero-order valence-corrected chi connectivity index (χ0v) is 18.7. The van der Waals surface area contributed by atoms with E-state index < -0.39 is 0 Å². The van der Waals surface area contributed by atoms with Gasteiger partial charge in [0.15, 0.2) is 0 Å². The van der Waals surface area contributed by atoms with Crippen LogP contribution in [0.15, 0.2) is 0 Å². The van der Waals surface area contributed by atoms with Crippen LogP contribution in [-0.2, 0) is 9.59 Å². The van der Waals surface area contributed by atoms with Gasteiger partial charge in [0.25, 0.3) is 0 Å². The molecule has 3 rings (SSSR count). The van der Waals surface area contributed by atoms with Gasteiger partial charge in [-0.25, -0.2) is 0 Å². The Morgan fingerprint density at radius 2 is 1.31 bits per heavy atom. The highest BCUT2D eigenvalue weighted by atomic mass is 16.2. The van der Waals surface area contributed by atoms with Crippen molar-refractivity contribution in [3.63, 3.8) is 0 Å². The number of hydrogen-bond acceptors (Lipinski definition) is 4. The second kappa shape index (κ2) is 11.3. The van der Waals surface area contributed by atoms with Crippen LogP contribution in [0.2, 0.25) is 0 Å². The first kappa shape index (κ1) is 22.5. The smallest absolute Gasteiger partial charge is 0.236 e. The second-order valence-electron chi connectivity index (χ2n) is 9.91. The van der Waals surface area contributed by atoms with E-state index in [4.69, 9.17) is 0 Å². The largest absolute Gasteiger partial charge is 0.352 e. The van der Waals surface area contributed by atoms with Crippen LogP contribution >= 0.6 is 0 Å². The number of hydrogen-bond donors (Lipinski definition) is 1. The number of carbonyl (C=O) groups excluding carboxylic acids is 2. The zero-order chi connectivity index (χ0) is 20.6. The molecule has 0 aromatic rings. The highest BCUT2D eigenvalue weighted by molar-refractivity contribution is 5.79. The van der Waals surface area contributed by atoms with E-state index >= 15 is 0 Å². The number of likely N-dealkylation sites (tertiary alicyclic amines) is 1. The molecule has 1 N–H and O–H groups in total. The lowest BCUT2D eigenvalue weighted by atomic mass is 9.92. The molecule has 6 heteroatoms. The van der Waals surface area contributed by atoms with E-state index in [9.17, 15) is 9.59 Å². The minimum atomic E-state index is 0.177. The highest BCUT2D eigenvalue weighted by Crippen LogP contribution is 2.21. The lowest BCUT2D eigenvalue weighted by molar-refractivity contribution is -0.136. The first-order valence-electron chi connectivity index (χ1n) is 12.0. The Balaban J connectivity index is 1.34. The molecule has 2 atom stereocenters. The number of piperazine rings is 1. The van der Waals surface area contributed by atoms with Crippen LogP contribution in [0.25, 0.3) is 0 Å². The summed E-state index contributed by atoms with van der Waals surface area (Å²) in [6.07, 6.45) is 9.95. The Morgan fingerprint density at radius 3 is 1.90 bits per heavy atom. The van der Waals surface area contributed by atoms with Gasteiger partial charge in [0, 0.05) is 45.3 Å². The normalized spacial score (nSPS) is 28.6. The third kappa shape index (κ3) is 7.56. The van der Waals surface area contributed by atoms with Gasteiger partial charge in [-0.3, -0.25) is 19.4 Å². The van der Waals surface area contributed by atoms with Gasteiger partial charge < -0.3 is 10.2 Å². The molecule has 29 heavy (non-hydrogen) atoms. The Hall–Kier alpha value is -1.14. The van der Waals surface area contributed by atoms with Crippen LogP contribution in [0.4, 0.5) is 0 Å². The quantitative estimate of drug-likeness (QED) is 0.761. The zero-order valence-electron chi connectivity index (χ0n) is 18.7. The van der Waals surface area contributed by atoms with Crippen LogP contribution in [-0.4, -0.2) is 84.9 Å². The lowest BCUT2D eigenvalue weighted by Crippen LogP contribution is -2.53. The van der Waals surface area contributed by atoms with Gasteiger partial charge in [-0.1, -0.05) is 46.0 Å². The molecule has 2 aliphatic heterocycles. The molecule has 0 spiro atoms. The molecular weight excluding hydrogens is 364 g/mol. The number of nitrogens with zero attached hydrogens (tertiary/aromatic N) is 3. The van der Waals surface area contributed by atoms with Crippen molar-refractivity contribution in [3.8, 4) is 0 Å². The molecule has 6 nitrogen and oxygen atoms in total. The summed E-state index contributed by atoms with van der Waals surface area (Å²) in [6.45, 7) is 10.8. The maximum absolute atomic E-state index is 12.7. The van der Waals surface area contributed by atoms with Crippen molar-refractivity contribution in [1.29, 1.82) is 0 Å². The van der Waals surface area contributed by atoms with Crippen LogP contribution in [0.5, 0.6) is 0 Å². The van der Waals surface area contributed by atoms with Gasteiger partial charge in [0.2, 0.25) is 11.8 Å². The summed E-state index contributed by atoms with van der Waals surface area (Å²) in [5.41, 5.74) is 0. The van der Waals surface area contributed by atoms with Crippen molar-refractivity contribution in [2.75, 3.05) is 52.4 Å². The van der Waals surface area contributed by atoms with E-state index in [1.807, 2.05) is 0 Å². The molecule has 0 aromatic carbocycles. The molecule has 2 heterocycles. The summed E-state index contributed by atoms with van der Waals surface area (Å²) in [7, 11) is 0. The average Bonchev–Trinajstić information content (AvgIpc) is 2.64. The van der Waals surface area contributed by atoms with E-state index in [1.165, 1.54) is 38.5 Å². The predicted molar refractivity (Wildman–Crippen MR) is 117 cm³/mol. The summed E-state index contributed by atoms with van der Waals surface area (Å²) in [5.74, 6) is 1.67.